The van der Waals surface area contributed by atoms with Crippen molar-refractivity contribution in [1.29, 1.82) is 0 Å². The molecule has 4 heteroatoms. The van der Waals surface area contributed by atoms with E-state index in [2.05, 4.69) is 17.4 Å². The number of hydrogen-bond donors (Lipinski definition) is 2. The third kappa shape index (κ3) is 5.05. The van der Waals surface area contributed by atoms with Gasteiger partial charge in [0.1, 0.15) is 5.75 Å². The molecule has 2 N–H and O–H groups in total. The highest BCUT2D eigenvalue weighted by Gasteiger charge is 2.26. The van der Waals surface area contributed by atoms with Gasteiger partial charge < -0.3 is 15.2 Å². The van der Waals surface area contributed by atoms with Crippen molar-refractivity contribution >= 4 is 5.97 Å². The fraction of sp³-hybridized carbons (Fsp3) is 0.588. The standard InChI is InChI=1S/C17H25NO3/c1-21-15-6-2-4-13(12-15)10-11-18-16-7-3-5-14(16)8-9-17(19)20/h2,4,6,12,14,16,18H,3,5,7-11H2,1H3,(H,19,20)/t14-,16+/m1/s1. The van der Waals surface area contributed by atoms with Crippen molar-refractivity contribution in [3.05, 3.63) is 29.8 Å². The van der Waals surface area contributed by atoms with Gasteiger partial charge in [-0.25, -0.2) is 0 Å². The number of rotatable bonds is 8. The highest BCUT2D eigenvalue weighted by atomic mass is 16.5. The summed E-state index contributed by atoms with van der Waals surface area (Å²) in [6.45, 7) is 0.932. The Kier molecular flexibility index (Phi) is 6.05. The van der Waals surface area contributed by atoms with E-state index >= 15 is 0 Å². The monoisotopic (exact) mass is 291 g/mol. The lowest BCUT2D eigenvalue weighted by atomic mass is 9.97. The largest absolute Gasteiger partial charge is 0.497 e. The minimum Gasteiger partial charge on any atom is -0.497 e. The minimum absolute atomic E-state index is 0.290. The molecule has 0 aliphatic heterocycles. The van der Waals surface area contributed by atoms with Crippen LogP contribution in [0.4, 0.5) is 0 Å². The molecule has 1 aliphatic carbocycles. The van der Waals surface area contributed by atoms with Gasteiger partial charge in [0.15, 0.2) is 0 Å². The molecule has 1 fully saturated rings. The van der Waals surface area contributed by atoms with Gasteiger partial charge in [0.05, 0.1) is 7.11 Å². The van der Waals surface area contributed by atoms with Crippen molar-refractivity contribution in [2.75, 3.05) is 13.7 Å². The molecule has 0 unspecified atom stereocenters. The van der Waals surface area contributed by atoms with Crippen LogP contribution < -0.4 is 10.1 Å². The predicted molar refractivity (Wildman–Crippen MR) is 82.7 cm³/mol. The summed E-state index contributed by atoms with van der Waals surface area (Å²) in [5, 5.41) is 12.4. The summed E-state index contributed by atoms with van der Waals surface area (Å²) in [7, 11) is 1.68. The fourth-order valence-electron chi connectivity index (χ4n) is 3.19. The first kappa shape index (κ1) is 15.8. The first-order chi connectivity index (χ1) is 10.2. The number of hydrogen-bond acceptors (Lipinski definition) is 3. The average Bonchev–Trinajstić information content (AvgIpc) is 2.93. The zero-order chi connectivity index (χ0) is 15.1. The molecule has 21 heavy (non-hydrogen) atoms. The first-order valence-corrected chi connectivity index (χ1v) is 7.77. The second kappa shape index (κ2) is 8.03. The Balaban J connectivity index is 1.75. The molecule has 1 aromatic rings. The van der Waals surface area contributed by atoms with Crippen LogP contribution in [0.2, 0.25) is 0 Å². The number of aliphatic carboxylic acids is 1. The Morgan fingerprint density at radius 2 is 2.29 bits per heavy atom. The van der Waals surface area contributed by atoms with E-state index in [-0.39, 0.29) is 0 Å². The molecule has 0 heterocycles. The van der Waals surface area contributed by atoms with E-state index in [0.29, 0.717) is 18.4 Å². The average molecular weight is 291 g/mol. The molecule has 1 aliphatic rings. The summed E-state index contributed by atoms with van der Waals surface area (Å²) >= 11 is 0. The number of carboxylic acid groups (broad SMARTS) is 1. The van der Waals surface area contributed by atoms with Crippen LogP contribution in [0.25, 0.3) is 0 Å². The molecule has 2 atom stereocenters. The minimum atomic E-state index is -0.683. The maximum absolute atomic E-state index is 10.7. The quantitative estimate of drug-likeness (QED) is 0.773. The Bertz CT molecular complexity index is 461. The van der Waals surface area contributed by atoms with Gasteiger partial charge in [0.2, 0.25) is 0 Å². The lowest BCUT2D eigenvalue weighted by Gasteiger charge is -2.20. The normalized spacial score (nSPS) is 21.4. The summed E-state index contributed by atoms with van der Waals surface area (Å²) < 4.78 is 5.23. The Morgan fingerprint density at radius 3 is 3.05 bits per heavy atom. The van der Waals surface area contributed by atoms with E-state index < -0.39 is 5.97 Å². The molecule has 2 rings (SSSR count). The Morgan fingerprint density at radius 1 is 1.43 bits per heavy atom. The predicted octanol–water partition coefficient (Wildman–Crippen LogP) is 2.86. The number of nitrogens with one attached hydrogen (secondary N) is 1. The number of ether oxygens (including phenoxy) is 1. The number of methoxy groups -OCH3 is 1. The first-order valence-electron chi connectivity index (χ1n) is 7.77. The van der Waals surface area contributed by atoms with E-state index in [0.717, 1.165) is 31.6 Å². The van der Waals surface area contributed by atoms with Gasteiger partial charge in [-0.3, -0.25) is 4.79 Å². The van der Waals surface area contributed by atoms with E-state index in [1.807, 2.05) is 12.1 Å². The van der Waals surface area contributed by atoms with Gasteiger partial charge in [-0.1, -0.05) is 18.6 Å². The maximum Gasteiger partial charge on any atom is 0.303 e. The van der Waals surface area contributed by atoms with Crippen LogP contribution in [-0.4, -0.2) is 30.8 Å². The van der Waals surface area contributed by atoms with Crippen molar-refractivity contribution in [3.63, 3.8) is 0 Å². The molecule has 0 amide bonds. The molecular formula is C17H25NO3. The smallest absolute Gasteiger partial charge is 0.303 e. The zero-order valence-electron chi connectivity index (χ0n) is 12.7. The molecule has 0 bridgehead atoms. The van der Waals surface area contributed by atoms with Crippen molar-refractivity contribution < 1.29 is 14.6 Å². The van der Waals surface area contributed by atoms with Gasteiger partial charge in [-0.15, -0.1) is 0 Å². The van der Waals surface area contributed by atoms with Gasteiger partial charge in [0, 0.05) is 12.5 Å². The van der Waals surface area contributed by atoms with Gasteiger partial charge >= 0.3 is 5.97 Å². The second-order valence-corrected chi connectivity index (χ2v) is 5.79. The molecule has 4 nitrogen and oxygen atoms in total. The molecule has 0 spiro atoms. The molecule has 0 saturated heterocycles. The van der Waals surface area contributed by atoms with Gasteiger partial charge in [-0.05, 0) is 55.8 Å². The summed E-state index contributed by atoms with van der Waals surface area (Å²) in [4.78, 5) is 10.7. The third-order valence-corrected chi connectivity index (χ3v) is 4.34. The SMILES string of the molecule is COc1cccc(CCN[C@H]2CCC[C@@H]2CCC(=O)O)c1. The van der Waals surface area contributed by atoms with E-state index in [9.17, 15) is 4.79 Å². The second-order valence-electron chi connectivity index (χ2n) is 5.79. The molecule has 116 valence electrons. The van der Waals surface area contributed by atoms with Crippen LogP contribution >= 0.6 is 0 Å². The van der Waals surface area contributed by atoms with Crippen LogP contribution in [0.3, 0.4) is 0 Å². The van der Waals surface area contributed by atoms with Crippen molar-refractivity contribution in [2.24, 2.45) is 5.92 Å². The van der Waals surface area contributed by atoms with E-state index in [1.165, 1.54) is 18.4 Å². The molecule has 1 aromatic carbocycles. The van der Waals surface area contributed by atoms with Crippen LogP contribution in [0.1, 0.15) is 37.7 Å². The lowest BCUT2D eigenvalue weighted by Crippen LogP contribution is -2.34. The van der Waals surface area contributed by atoms with Gasteiger partial charge in [0.25, 0.3) is 0 Å². The summed E-state index contributed by atoms with van der Waals surface area (Å²) in [5.41, 5.74) is 1.27. The fourth-order valence-corrected chi connectivity index (χ4v) is 3.19. The Hall–Kier alpha value is -1.55. The van der Waals surface area contributed by atoms with E-state index in [4.69, 9.17) is 9.84 Å². The zero-order valence-corrected chi connectivity index (χ0v) is 12.7. The summed E-state index contributed by atoms with van der Waals surface area (Å²) in [6.07, 6.45) is 5.60. The van der Waals surface area contributed by atoms with Crippen molar-refractivity contribution in [2.45, 2.75) is 44.6 Å². The number of benzene rings is 1. The number of carbonyl (C=O) groups is 1. The molecule has 0 radical (unpaired) electrons. The van der Waals surface area contributed by atoms with Crippen LogP contribution in [0, 0.1) is 5.92 Å². The molecular weight excluding hydrogens is 266 g/mol. The maximum atomic E-state index is 10.7. The van der Waals surface area contributed by atoms with E-state index in [1.54, 1.807) is 7.11 Å². The number of carboxylic acids is 1. The highest BCUT2D eigenvalue weighted by Crippen LogP contribution is 2.29. The molecule has 0 aromatic heterocycles. The van der Waals surface area contributed by atoms with Crippen LogP contribution in [0.5, 0.6) is 5.75 Å². The van der Waals surface area contributed by atoms with Crippen molar-refractivity contribution in [3.8, 4) is 5.75 Å². The molecule has 1 saturated carbocycles. The summed E-state index contributed by atoms with van der Waals surface area (Å²) in [5.74, 6) is 0.733. The summed E-state index contributed by atoms with van der Waals surface area (Å²) in [6, 6.07) is 8.63. The highest BCUT2D eigenvalue weighted by molar-refractivity contribution is 5.66. The lowest BCUT2D eigenvalue weighted by molar-refractivity contribution is -0.137. The third-order valence-electron chi connectivity index (χ3n) is 4.34. The van der Waals surface area contributed by atoms with Crippen LogP contribution in [0.15, 0.2) is 24.3 Å². The van der Waals surface area contributed by atoms with Crippen LogP contribution in [-0.2, 0) is 11.2 Å². The van der Waals surface area contributed by atoms with Crippen molar-refractivity contribution in [1.82, 2.24) is 5.32 Å². The topological polar surface area (TPSA) is 58.6 Å². The van der Waals surface area contributed by atoms with Gasteiger partial charge in [-0.2, -0.15) is 0 Å². The Labute approximate surface area is 126 Å².